The van der Waals surface area contributed by atoms with Gasteiger partial charge in [0.1, 0.15) is 28.9 Å². The minimum atomic E-state index is 0.260. The summed E-state index contributed by atoms with van der Waals surface area (Å²) in [5.41, 5.74) is 4.71. The van der Waals surface area contributed by atoms with E-state index >= 15 is 0 Å². The van der Waals surface area contributed by atoms with E-state index in [1.807, 2.05) is 91.8 Å². The van der Waals surface area contributed by atoms with Gasteiger partial charge in [-0.15, -0.1) is 0 Å². The van der Waals surface area contributed by atoms with Gasteiger partial charge in [-0.2, -0.15) is 5.26 Å². The monoisotopic (exact) mass is 451 g/mol. The Morgan fingerprint density at radius 2 is 1.38 bits per heavy atom. The SMILES string of the molecule is COc1ccc(-c2oc(N=Cc3ccc(N(C)C)cc3)c(C#N)c2-c2ccc(OC)cc2)cc1. The highest BCUT2D eigenvalue weighted by molar-refractivity contribution is 5.90. The topological polar surface area (TPSA) is 71.0 Å². The lowest BCUT2D eigenvalue weighted by atomic mass is 9.98. The molecule has 0 aliphatic carbocycles. The Hall–Kier alpha value is -4.50. The van der Waals surface area contributed by atoms with Crippen molar-refractivity contribution in [1.82, 2.24) is 0 Å². The third-order valence-electron chi connectivity index (χ3n) is 5.47. The molecule has 3 aromatic carbocycles. The molecule has 4 aromatic rings. The molecule has 6 nitrogen and oxygen atoms in total. The summed E-state index contributed by atoms with van der Waals surface area (Å²) >= 11 is 0. The summed E-state index contributed by atoms with van der Waals surface area (Å²) in [5, 5.41) is 10.1. The van der Waals surface area contributed by atoms with E-state index in [1.54, 1.807) is 20.4 Å². The molecule has 0 saturated carbocycles. The molecule has 4 rings (SSSR count). The summed E-state index contributed by atoms with van der Waals surface area (Å²) in [4.78, 5) is 6.58. The van der Waals surface area contributed by atoms with Gasteiger partial charge in [-0.05, 0) is 59.7 Å². The van der Waals surface area contributed by atoms with Crippen molar-refractivity contribution in [3.05, 3.63) is 83.9 Å². The lowest BCUT2D eigenvalue weighted by molar-refractivity contribution is 0.414. The minimum absolute atomic E-state index is 0.260. The predicted molar refractivity (Wildman–Crippen MR) is 135 cm³/mol. The fourth-order valence-corrected chi connectivity index (χ4v) is 3.58. The standard InChI is InChI=1S/C28H25N3O3/c1-31(2)22-11-5-19(6-12-22)18-30-28-25(17-29)26(20-7-13-23(32-3)14-8-20)27(34-28)21-9-15-24(33-4)16-10-21/h5-16,18H,1-4H3. The molecule has 0 atom stereocenters. The minimum Gasteiger partial charge on any atom is -0.497 e. The molecule has 0 saturated heterocycles. The van der Waals surface area contributed by atoms with Gasteiger partial charge in [0.15, 0.2) is 0 Å². The Morgan fingerprint density at radius 3 is 1.88 bits per heavy atom. The van der Waals surface area contributed by atoms with Crippen molar-refractivity contribution in [2.45, 2.75) is 0 Å². The van der Waals surface area contributed by atoms with Crippen molar-refractivity contribution in [2.24, 2.45) is 4.99 Å². The number of hydrogen-bond acceptors (Lipinski definition) is 6. The third-order valence-corrected chi connectivity index (χ3v) is 5.47. The van der Waals surface area contributed by atoms with Crippen molar-refractivity contribution in [1.29, 1.82) is 5.26 Å². The number of hydrogen-bond donors (Lipinski definition) is 0. The molecule has 0 N–H and O–H groups in total. The summed E-state index contributed by atoms with van der Waals surface area (Å²) in [6, 6.07) is 25.3. The molecule has 0 unspecified atom stereocenters. The van der Waals surface area contributed by atoms with Gasteiger partial charge in [0.2, 0.25) is 5.88 Å². The zero-order valence-corrected chi connectivity index (χ0v) is 19.6. The van der Waals surface area contributed by atoms with Crippen LogP contribution in [0.1, 0.15) is 11.1 Å². The molecule has 1 aromatic heterocycles. The van der Waals surface area contributed by atoms with Crippen LogP contribution in [-0.2, 0) is 0 Å². The van der Waals surface area contributed by atoms with Gasteiger partial charge in [-0.1, -0.05) is 24.3 Å². The molecule has 0 bridgehead atoms. The molecule has 0 aliphatic rings. The van der Waals surface area contributed by atoms with Crippen LogP contribution in [0.4, 0.5) is 11.6 Å². The van der Waals surface area contributed by atoms with Crippen LogP contribution in [-0.4, -0.2) is 34.5 Å². The van der Waals surface area contributed by atoms with Gasteiger partial charge in [-0.3, -0.25) is 0 Å². The highest BCUT2D eigenvalue weighted by atomic mass is 16.5. The van der Waals surface area contributed by atoms with E-state index in [0.717, 1.165) is 33.9 Å². The molecule has 1 heterocycles. The van der Waals surface area contributed by atoms with E-state index < -0.39 is 0 Å². The molecule has 0 spiro atoms. The molecule has 0 fully saturated rings. The number of furan rings is 1. The van der Waals surface area contributed by atoms with Crippen molar-refractivity contribution in [3.63, 3.8) is 0 Å². The van der Waals surface area contributed by atoms with Crippen molar-refractivity contribution in [3.8, 4) is 40.0 Å². The quantitative estimate of drug-likeness (QED) is 0.308. The van der Waals surface area contributed by atoms with Gasteiger partial charge in [0, 0.05) is 37.1 Å². The fourth-order valence-electron chi connectivity index (χ4n) is 3.58. The van der Waals surface area contributed by atoms with Crippen LogP contribution in [0.5, 0.6) is 11.5 Å². The number of anilines is 1. The number of nitrogens with zero attached hydrogens (tertiary/aromatic N) is 3. The maximum atomic E-state index is 10.1. The Labute approximate surface area is 199 Å². The Balaban J connectivity index is 1.81. The summed E-state index contributed by atoms with van der Waals surface area (Å²) in [6.45, 7) is 0. The first-order valence-corrected chi connectivity index (χ1v) is 10.7. The Bertz CT molecular complexity index is 1330. The van der Waals surface area contributed by atoms with Crippen LogP contribution < -0.4 is 14.4 Å². The van der Waals surface area contributed by atoms with Crippen molar-refractivity contribution < 1.29 is 13.9 Å². The molecular weight excluding hydrogens is 426 g/mol. The van der Waals surface area contributed by atoms with Gasteiger partial charge >= 0.3 is 0 Å². The van der Waals surface area contributed by atoms with Crippen molar-refractivity contribution >= 4 is 17.8 Å². The van der Waals surface area contributed by atoms with Crippen LogP contribution in [0, 0.1) is 11.3 Å². The first kappa shape index (κ1) is 22.7. The molecule has 34 heavy (non-hydrogen) atoms. The average molecular weight is 452 g/mol. The molecule has 0 radical (unpaired) electrons. The Morgan fingerprint density at radius 1 is 0.824 bits per heavy atom. The zero-order valence-electron chi connectivity index (χ0n) is 19.6. The Kier molecular flexibility index (Phi) is 6.65. The summed E-state index contributed by atoms with van der Waals surface area (Å²) in [6.07, 6.45) is 1.70. The molecule has 170 valence electrons. The average Bonchev–Trinajstić information content (AvgIpc) is 3.26. The van der Waals surface area contributed by atoms with E-state index in [9.17, 15) is 5.26 Å². The normalized spacial score (nSPS) is 10.8. The zero-order chi connectivity index (χ0) is 24.1. The molecule has 6 heteroatoms. The number of ether oxygens (including phenoxy) is 2. The highest BCUT2D eigenvalue weighted by Crippen LogP contribution is 2.43. The molecule has 0 amide bonds. The van der Waals surface area contributed by atoms with Crippen LogP contribution >= 0.6 is 0 Å². The highest BCUT2D eigenvalue weighted by Gasteiger charge is 2.23. The van der Waals surface area contributed by atoms with Crippen LogP contribution in [0.3, 0.4) is 0 Å². The molecular formula is C28H25N3O3. The predicted octanol–water partition coefficient (Wildman–Crippen LogP) is 6.32. The number of aliphatic imine (C=N–C) groups is 1. The first-order chi connectivity index (χ1) is 16.5. The van der Waals surface area contributed by atoms with E-state index in [0.29, 0.717) is 16.9 Å². The van der Waals surface area contributed by atoms with Crippen molar-refractivity contribution in [2.75, 3.05) is 33.2 Å². The van der Waals surface area contributed by atoms with E-state index in [-0.39, 0.29) is 5.88 Å². The number of methoxy groups -OCH3 is 2. The second-order valence-electron chi connectivity index (χ2n) is 7.80. The fraction of sp³-hybridized carbons (Fsp3) is 0.143. The first-order valence-electron chi connectivity index (χ1n) is 10.7. The molecule has 0 aliphatic heterocycles. The summed E-state index contributed by atoms with van der Waals surface area (Å²) < 4.78 is 16.8. The van der Waals surface area contributed by atoms with Gasteiger partial charge in [0.05, 0.1) is 14.2 Å². The third kappa shape index (κ3) is 4.64. The lowest BCUT2D eigenvalue weighted by Gasteiger charge is -2.11. The lowest BCUT2D eigenvalue weighted by Crippen LogP contribution is -2.08. The second kappa shape index (κ2) is 9.97. The largest absolute Gasteiger partial charge is 0.497 e. The van der Waals surface area contributed by atoms with E-state index in [4.69, 9.17) is 13.9 Å². The number of rotatable bonds is 7. The van der Waals surface area contributed by atoms with Gasteiger partial charge in [0.25, 0.3) is 0 Å². The maximum absolute atomic E-state index is 10.1. The smallest absolute Gasteiger partial charge is 0.238 e. The van der Waals surface area contributed by atoms with Crippen LogP contribution in [0.15, 0.2) is 82.2 Å². The van der Waals surface area contributed by atoms with E-state index in [2.05, 4.69) is 11.1 Å². The number of benzene rings is 3. The van der Waals surface area contributed by atoms with Crippen LogP contribution in [0.2, 0.25) is 0 Å². The van der Waals surface area contributed by atoms with Gasteiger partial charge < -0.3 is 18.8 Å². The van der Waals surface area contributed by atoms with E-state index in [1.165, 1.54) is 0 Å². The second-order valence-corrected chi connectivity index (χ2v) is 7.80. The van der Waals surface area contributed by atoms with Gasteiger partial charge in [-0.25, -0.2) is 4.99 Å². The van der Waals surface area contributed by atoms with Crippen LogP contribution in [0.25, 0.3) is 22.5 Å². The number of nitriles is 1. The summed E-state index contributed by atoms with van der Waals surface area (Å²) in [7, 11) is 7.23. The summed E-state index contributed by atoms with van der Waals surface area (Å²) in [5.74, 6) is 2.30. The maximum Gasteiger partial charge on any atom is 0.238 e.